The van der Waals surface area contributed by atoms with E-state index in [2.05, 4.69) is 13.2 Å². The molecule has 0 aliphatic rings. The van der Waals surface area contributed by atoms with Gasteiger partial charge >= 0.3 is 0 Å². The maximum absolute atomic E-state index is 11.6. The normalized spacial score (nSPS) is 10.8. The van der Waals surface area contributed by atoms with Gasteiger partial charge in [-0.15, -0.1) is 0 Å². The van der Waals surface area contributed by atoms with E-state index in [1.807, 2.05) is 6.92 Å². The molecule has 0 aliphatic carbocycles. The Kier molecular flexibility index (Phi) is 9.35. The van der Waals surface area contributed by atoms with Crippen LogP contribution in [0.25, 0.3) is 0 Å². The highest BCUT2D eigenvalue weighted by Crippen LogP contribution is 2.01. The van der Waals surface area contributed by atoms with Gasteiger partial charge in [-0.25, -0.2) is 0 Å². The summed E-state index contributed by atoms with van der Waals surface area (Å²) in [5, 5.41) is 0. The van der Waals surface area contributed by atoms with E-state index in [1.54, 1.807) is 4.90 Å². The SMILES string of the molecule is C=CC(=O)N(CC)CCCCN(CCS(=O)(=O)O)C(=O)C=C. The summed E-state index contributed by atoms with van der Waals surface area (Å²) >= 11 is 0. The summed E-state index contributed by atoms with van der Waals surface area (Å²) in [6.45, 7) is 10.0. The van der Waals surface area contributed by atoms with Gasteiger partial charge in [-0.05, 0) is 31.9 Å². The van der Waals surface area contributed by atoms with E-state index in [0.29, 0.717) is 32.5 Å². The minimum atomic E-state index is -4.12. The van der Waals surface area contributed by atoms with Crippen LogP contribution in [-0.2, 0) is 19.7 Å². The second kappa shape index (κ2) is 10.1. The second-order valence-electron chi connectivity index (χ2n) is 4.64. The molecule has 2 amide bonds. The third kappa shape index (κ3) is 8.58. The highest BCUT2D eigenvalue weighted by atomic mass is 32.2. The topological polar surface area (TPSA) is 95.0 Å². The van der Waals surface area contributed by atoms with E-state index in [-0.39, 0.29) is 12.5 Å². The van der Waals surface area contributed by atoms with Crippen LogP contribution in [-0.4, -0.2) is 66.5 Å². The van der Waals surface area contributed by atoms with Crippen molar-refractivity contribution in [3.05, 3.63) is 25.3 Å². The maximum Gasteiger partial charge on any atom is 0.266 e. The van der Waals surface area contributed by atoms with E-state index in [4.69, 9.17) is 4.55 Å². The Morgan fingerprint density at radius 1 is 1.00 bits per heavy atom. The second-order valence-corrected chi connectivity index (χ2v) is 6.22. The number of amides is 2. The zero-order chi connectivity index (χ0) is 17.2. The largest absolute Gasteiger partial charge is 0.339 e. The molecule has 0 aromatic heterocycles. The van der Waals surface area contributed by atoms with Crippen LogP contribution in [0.2, 0.25) is 0 Å². The van der Waals surface area contributed by atoms with Gasteiger partial charge in [0, 0.05) is 26.2 Å². The fourth-order valence-corrected chi connectivity index (χ4v) is 2.30. The lowest BCUT2D eigenvalue weighted by Crippen LogP contribution is -2.35. The number of rotatable bonds is 11. The third-order valence-corrected chi connectivity index (χ3v) is 3.78. The fraction of sp³-hybridized carbons (Fsp3) is 0.571. The first-order valence-corrected chi connectivity index (χ1v) is 8.64. The predicted molar refractivity (Wildman–Crippen MR) is 84.9 cm³/mol. The summed E-state index contributed by atoms with van der Waals surface area (Å²) in [7, 11) is -4.12. The maximum atomic E-state index is 11.6. The number of nitrogens with zero attached hydrogens (tertiary/aromatic N) is 2. The van der Waals surface area contributed by atoms with Crippen molar-refractivity contribution in [2.45, 2.75) is 19.8 Å². The monoisotopic (exact) mass is 332 g/mol. The molecule has 0 spiro atoms. The van der Waals surface area contributed by atoms with Crippen LogP contribution < -0.4 is 0 Å². The predicted octanol–water partition coefficient (Wildman–Crippen LogP) is 0.704. The fourth-order valence-electron chi connectivity index (χ4n) is 1.85. The van der Waals surface area contributed by atoms with Crippen LogP contribution in [0.5, 0.6) is 0 Å². The number of carbonyl (C=O) groups is 2. The number of likely N-dealkylation sites (N-methyl/N-ethyl adjacent to an activating group) is 1. The molecule has 0 aromatic rings. The van der Waals surface area contributed by atoms with Gasteiger partial charge in [0.15, 0.2) is 0 Å². The highest BCUT2D eigenvalue weighted by molar-refractivity contribution is 7.85. The summed E-state index contributed by atoms with van der Waals surface area (Å²) in [4.78, 5) is 26.0. The Morgan fingerprint density at radius 2 is 1.45 bits per heavy atom. The summed E-state index contributed by atoms with van der Waals surface area (Å²) < 4.78 is 30.2. The molecule has 0 heterocycles. The Hall–Kier alpha value is -1.67. The van der Waals surface area contributed by atoms with Crippen molar-refractivity contribution in [3.63, 3.8) is 0 Å². The number of hydrogen-bond acceptors (Lipinski definition) is 4. The average Bonchev–Trinajstić information content (AvgIpc) is 2.47. The van der Waals surface area contributed by atoms with Gasteiger partial charge < -0.3 is 9.80 Å². The van der Waals surface area contributed by atoms with Crippen LogP contribution in [0, 0.1) is 0 Å². The van der Waals surface area contributed by atoms with Gasteiger partial charge in [-0.1, -0.05) is 13.2 Å². The first-order valence-electron chi connectivity index (χ1n) is 7.03. The van der Waals surface area contributed by atoms with Crippen molar-refractivity contribution in [3.8, 4) is 0 Å². The highest BCUT2D eigenvalue weighted by Gasteiger charge is 2.14. The van der Waals surface area contributed by atoms with Crippen molar-refractivity contribution in [1.29, 1.82) is 0 Å². The summed E-state index contributed by atoms with van der Waals surface area (Å²) in [5.41, 5.74) is 0. The van der Waals surface area contributed by atoms with E-state index in [0.717, 1.165) is 6.08 Å². The Bertz CT molecular complexity index is 501. The molecule has 22 heavy (non-hydrogen) atoms. The van der Waals surface area contributed by atoms with E-state index < -0.39 is 21.8 Å². The Labute approximate surface area is 132 Å². The van der Waals surface area contributed by atoms with Crippen molar-refractivity contribution in [1.82, 2.24) is 9.80 Å². The molecule has 8 heteroatoms. The molecule has 0 saturated heterocycles. The Balaban J connectivity index is 4.34. The molecular formula is C14H24N2O5S. The zero-order valence-electron chi connectivity index (χ0n) is 12.9. The molecule has 0 aliphatic heterocycles. The van der Waals surface area contributed by atoms with E-state index in [9.17, 15) is 18.0 Å². The van der Waals surface area contributed by atoms with Crippen molar-refractivity contribution < 1.29 is 22.6 Å². The Morgan fingerprint density at radius 3 is 1.86 bits per heavy atom. The molecule has 126 valence electrons. The van der Waals surface area contributed by atoms with E-state index >= 15 is 0 Å². The number of unbranched alkanes of at least 4 members (excludes halogenated alkanes) is 1. The number of hydrogen-bond donors (Lipinski definition) is 1. The molecule has 7 nitrogen and oxygen atoms in total. The zero-order valence-corrected chi connectivity index (χ0v) is 13.7. The minimum Gasteiger partial charge on any atom is -0.339 e. The van der Waals surface area contributed by atoms with Gasteiger partial charge in [0.25, 0.3) is 10.1 Å². The van der Waals surface area contributed by atoms with Crippen LogP contribution in [0.3, 0.4) is 0 Å². The van der Waals surface area contributed by atoms with Gasteiger partial charge in [0.2, 0.25) is 11.8 Å². The molecular weight excluding hydrogens is 308 g/mol. The first-order chi connectivity index (χ1) is 10.2. The van der Waals surface area contributed by atoms with Crippen molar-refractivity contribution >= 4 is 21.9 Å². The van der Waals surface area contributed by atoms with Crippen LogP contribution in [0.4, 0.5) is 0 Å². The van der Waals surface area contributed by atoms with Gasteiger partial charge in [-0.2, -0.15) is 8.42 Å². The lowest BCUT2D eigenvalue weighted by atomic mass is 10.2. The quantitative estimate of drug-likeness (QED) is 0.341. The minimum absolute atomic E-state index is 0.0905. The molecule has 0 unspecified atom stereocenters. The molecule has 0 saturated carbocycles. The molecule has 0 fully saturated rings. The van der Waals surface area contributed by atoms with E-state index in [1.165, 1.54) is 11.0 Å². The standard InChI is InChI=1S/C14H24N2O5S/c1-4-13(17)15(6-3)9-7-8-10-16(14(18)5-2)11-12-22(19,20)21/h4-5H,1-2,6-12H2,3H3,(H,19,20,21). The smallest absolute Gasteiger partial charge is 0.266 e. The van der Waals surface area contributed by atoms with Crippen molar-refractivity contribution in [2.24, 2.45) is 0 Å². The lowest BCUT2D eigenvalue weighted by molar-refractivity contribution is -0.127. The van der Waals surface area contributed by atoms with Crippen molar-refractivity contribution in [2.75, 3.05) is 31.9 Å². The number of carbonyl (C=O) groups excluding carboxylic acids is 2. The molecule has 1 N–H and O–H groups in total. The molecule has 0 bridgehead atoms. The van der Waals surface area contributed by atoms with Crippen LogP contribution in [0.15, 0.2) is 25.3 Å². The van der Waals surface area contributed by atoms with Gasteiger partial charge in [0.1, 0.15) is 0 Å². The average molecular weight is 332 g/mol. The third-order valence-electron chi connectivity index (χ3n) is 3.08. The first kappa shape index (κ1) is 20.3. The molecule has 0 rings (SSSR count). The van der Waals surface area contributed by atoms with Gasteiger partial charge in [0.05, 0.1) is 5.75 Å². The lowest BCUT2D eigenvalue weighted by Gasteiger charge is -2.22. The summed E-state index contributed by atoms with van der Waals surface area (Å²) in [6.07, 6.45) is 3.62. The molecule has 0 atom stereocenters. The van der Waals surface area contributed by atoms with Crippen LogP contribution >= 0.6 is 0 Å². The molecule has 0 radical (unpaired) electrons. The summed E-state index contributed by atoms with van der Waals surface area (Å²) in [6, 6.07) is 0. The molecule has 0 aromatic carbocycles. The summed E-state index contributed by atoms with van der Waals surface area (Å²) in [5.74, 6) is -1.05. The van der Waals surface area contributed by atoms with Crippen LogP contribution in [0.1, 0.15) is 19.8 Å². The van der Waals surface area contributed by atoms with Gasteiger partial charge in [-0.3, -0.25) is 14.1 Å².